The van der Waals surface area contributed by atoms with E-state index >= 15 is 0 Å². The van der Waals surface area contributed by atoms with Crippen molar-refractivity contribution in [3.05, 3.63) is 30.3 Å². The number of nitrogens with one attached hydrogen (secondary N) is 2. The molecule has 25 heavy (non-hydrogen) atoms. The Morgan fingerprint density at radius 2 is 1.80 bits per heavy atom. The fraction of sp³-hybridized carbons (Fsp3) is 0.579. The highest BCUT2D eigenvalue weighted by molar-refractivity contribution is 5.81. The fourth-order valence-corrected chi connectivity index (χ4v) is 2.82. The van der Waals surface area contributed by atoms with Gasteiger partial charge in [-0.1, -0.05) is 32.0 Å². The highest BCUT2D eigenvalue weighted by Gasteiger charge is 2.20. The molecule has 1 aromatic carbocycles. The summed E-state index contributed by atoms with van der Waals surface area (Å²) in [7, 11) is 1.75. The van der Waals surface area contributed by atoms with E-state index in [-0.39, 0.29) is 5.91 Å². The van der Waals surface area contributed by atoms with Gasteiger partial charge in [-0.05, 0) is 18.1 Å². The van der Waals surface area contributed by atoms with E-state index in [0.29, 0.717) is 18.9 Å². The Bertz CT molecular complexity index is 550. The zero-order valence-corrected chi connectivity index (χ0v) is 15.7. The van der Waals surface area contributed by atoms with Crippen LogP contribution in [0.4, 0.5) is 5.69 Å². The maximum Gasteiger partial charge on any atom is 0.224 e. The van der Waals surface area contributed by atoms with Gasteiger partial charge in [-0.15, -0.1) is 0 Å². The number of aliphatic imine (C=N–C) groups is 1. The molecule has 1 aromatic rings. The lowest BCUT2D eigenvalue weighted by molar-refractivity contribution is -0.131. The second kappa shape index (κ2) is 9.91. The van der Waals surface area contributed by atoms with Gasteiger partial charge in [0.2, 0.25) is 5.91 Å². The van der Waals surface area contributed by atoms with E-state index in [2.05, 4.69) is 58.6 Å². The van der Waals surface area contributed by atoms with Crippen LogP contribution in [0.3, 0.4) is 0 Å². The predicted molar refractivity (Wildman–Crippen MR) is 104 cm³/mol. The van der Waals surface area contributed by atoms with Gasteiger partial charge in [-0.25, -0.2) is 0 Å². The van der Waals surface area contributed by atoms with Crippen LogP contribution in [0, 0.1) is 5.92 Å². The number of hydrogen-bond acceptors (Lipinski definition) is 3. The molecule has 0 radical (unpaired) electrons. The first kappa shape index (κ1) is 19.1. The minimum atomic E-state index is 0.208. The van der Waals surface area contributed by atoms with E-state index in [4.69, 9.17) is 0 Å². The van der Waals surface area contributed by atoms with E-state index in [1.165, 1.54) is 5.69 Å². The maximum atomic E-state index is 12.4. The number of amides is 1. The number of nitrogens with zero attached hydrogens (tertiary/aromatic N) is 3. The number of rotatable bonds is 6. The molecule has 0 aromatic heterocycles. The Kier molecular flexibility index (Phi) is 7.57. The first-order valence-corrected chi connectivity index (χ1v) is 9.12. The molecule has 2 rings (SSSR count). The molecule has 1 amide bonds. The van der Waals surface area contributed by atoms with Gasteiger partial charge in [-0.2, -0.15) is 0 Å². The van der Waals surface area contributed by atoms with Crippen LogP contribution in [0.15, 0.2) is 35.3 Å². The van der Waals surface area contributed by atoms with E-state index in [9.17, 15) is 4.79 Å². The molecule has 0 unspecified atom stereocenters. The molecule has 0 spiro atoms. The van der Waals surface area contributed by atoms with Crippen molar-refractivity contribution in [2.75, 3.05) is 51.2 Å². The summed E-state index contributed by atoms with van der Waals surface area (Å²) in [5.74, 6) is 1.52. The standard InChI is InChI=1S/C19H31N5O/c1-16(2)15-22-19(20-3)21-10-9-18(25)24-13-11-23(12-14-24)17-7-5-4-6-8-17/h4-8,16H,9-15H2,1-3H3,(H2,20,21,22). The average Bonchev–Trinajstić information content (AvgIpc) is 2.65. The summed E-state index contributed by atoms with van der Waals surface area (Å²) in [6, 6.07) is 10.4. The topological polar surface area (TPSA) is 60.0 Å². The van der Waals surface area contributed by atoms with E-state index in [1.54, 1.807) is 7.05 Å². The minimum absolute atomic E-state index is 0.208. The van der Waals surface area contributed by atoms with Crippen LogP contribution >= 0.6 is 0 Å². The molecular formula is C19H31N5O. The van der Waals surface area contributed by atoms with Gasteiger partial charge < -0.3 is 20.4 Å². The number of benzene rings is 1. The summed E-state index contributed by atoms with van der Waals surface area (Å²) < 4.78 is 0. The second-order valence-electron chi connectivity index (χ2n) is 6.73. The molecule has 0 saturated carbocycles. The maximum absolute atomic E-state index is 12.4. The van der Waals surface area contributed by atoms with Gasteiger partial charge in [0.15, 0.2) is 5.96 Å². The minimum Gasteiger partial charge on any atom is -0.368 e. The van der Waals surface area contributed by atoms with E-state index in [0.717, 1.165) is 38.7 Å². The summed E-state index contributed by atoms with van der Waals surface area (Å²) in [6.07, 6.45) is 0.494. The Morgan fingerprint density at radius 3 is 2.40 bits per heavy atom. The lowest BCUT2D eigenvalue weighted by Crippen LogP contribution is -2.49. The molecule has 6 heteroatoms. The molecule has 1 saturated heterocycles. The molecule has 2 N–H and O–H groups in total. The van der Waals surface area contributed by atoms with Crippen LogP contribution in [0.1, 0.15) is 20.3 Å². The van der Waals surface area contributed by atoms with Crippen molar-refractivity contribution in [1.82, 2.24) is 15.5 Å². The monoisotopic (exact) mass is 345 g/mol. The molecular weight excluding hydrogens is 314 g/mol. The van der Waals surface area contributed by atoms with Crippen LogP contribution in [0.25, 0.3) is 0 Å². The first-order chi connectivity index (χ1) is 12.1. The summed E-state index contributed by atoms with van der Waals surface area (Å²) >= 11 is 0. The van der Waals surface area contributed by atoms with Gasteiger partial charge in [0.05, 0.1) is 0 Å². The van der Waals surface area contributed by atoms with E-state index in [1.807, 2.05) is 11.0 Å². The van der Waals surface area contributed by atoms with Gasteiger partial charge >= 0.3 is 0 Å². The zero-order valence-electron chi connectivity index (χ0n) is 15.7. The Labute approximate surface area is 151 Å². The average molecular weight is 345 g/mol. The Balaban J connectivity index is 1.68. The van der Waals surface area contributed by atoms with Crippen LogP contribution in [-0.4, -0.2) is 63.1 Å². The summed E-state index contributed by atoms with van der Waals surface area (Å²) in [5, 5.41) is 6.46. The highest BCUT2D eigenvalue weighted by atomic mass is 16.2. The number of anilines is 1. The number of piperazine rings is 1. The molecule has 0 atom stereocenters. The molecule has 6 nitrogen and oxygen atoms in total. The number of carbonyl (C=O) groups excluding carboxylic acids is 1. The zero-order chi connectivity index (χ0) is 18.1. The summed E-state index contributed by atoms with van der Waals surface area (Å²) in [5.41, 5.74) is 1.23. The molecule has 138 valence electrons. The number of para-hydroxylation sites is 1. The second-order valence-corrected chi connectivity index (χ2v) is 6.73. The van der Waals surface area contributed by atoms with Gasteiger partial charge in [-0.3, -0.25) is 9.79 Å². The van der Waals surface area contributed by atoms with Crippen molar-refractivity contribution in [2.45, 2.75) is 20.3 Å². The van der Waals surface area contributed by atoms with Gasteiger partial charge in [0.25, 0.3) is 0 Å². The normalized spacial score (nSPS) is 15.4. The predicted octanol–water partition coefficient (Wildman–Crippen LogP) is 1.55. The highest BCUT2D eigenvalue weighted by Crippen LogP contribution is 2.15. The lowest BCUT2D eigenvalue weighted by atomic mass is 10.2. The van der Waals surface area contributed by atoms with E-state index < -0.39 is 0 Å². The largest absolute Gasteiger partial charge is 0.368 e. The number of carbonyl (C=O) groups is 1. The SMILES string of the molecule is CN=C(NCCC(=O)N1CCN(c2ccccc2)CC1)NCC(C)C. The lowest BCUT2D eigenvalue weighted by Gasteiger charge is -2.36. The fourth-order valence-electron chi connectivity index (χ4n) is 2.82. The Hall–Kier alpha value is -2.24. The molecule has 1 aliphatic heterocycles. The Morgan fingerprint density at radius 1 is 1.12 bits per heavy atom. The number of guanidine groups is 1. The molecule has 1 fully saturated rings. The van der Waals surface area contributed by atoms with Crippen molar-refractivity contribution in [1.29, 1.82) is 0 Å². The van der Waals surface area contributed by atoms with Crippen LogP contribution in [0.2, 0.25) is 0 Å². The number of hydrogen-bond donors (Lipinski definition) is 2. The third kappa shape index (κ3) is 6.29. The summed E-state index contributed by atoms with van der Waals surface area (Å²) in [6.45, 7) is 9.13. The quantitative estimate of drug-likeness (QED) is 0.607. The molecule has 1 heterocycles. The van der Waals surface area contributed by atoms with Crippen LogP contribution < -0.4 is 15.5 Å². The summed E-state index contributed by atoms with van der Waals surface area (Å²) in [4.78, 5) is 20.9. The third-order valence-corrected chi connectivity index (χ3v) is 4.29. The van der Waals surface area contributed by atoms with Crippen molar-refractivity contribution < 1.29 is 4.79 Å². The van der Waals surface area contributed by atoms with Crippen molar-refractivity contribution in [3.8, 4) is 0 Å². The van der Waals surface area contributed by atoms with Crippen molar-refractivity contribution in [2.24, 2.45) is 10.9 Å². The van der Waals surface area contributed by atoms with Crippen molar-refractivity contribution in [3.63, 3.8) is 0 Å². The molecule has 0 bridgehead atoms. The van der Waals surface area contributed by atoms with Crippen LogP contribution in [0.5, 0.6) is 0 Å². The van der Waals surface area contributed by atoms with Gasteiger partial charge in [0, 0.05) is 58.4 Å². The third-order valence-electron chi connectivity index (χ3n) is 4.29. The van der Waals surface area contributed by atoms with Gasteiger partial charge in [0.1, 0.15) is 0 Å². The molecule has 1 aliphatic rings. The van der Waals surface area contributed by atoms with Crippen molar-refractivity contribution >= 4 is 17.6 Å². The van der Waals surface area contributed by atoms with Crippen LogP contribution in [-0.2, 0) is 4.79 Å². The molecule has 0 aliphatic carbocycles. The smallest absolute Gasteiger partial charge is 0.224 e. The first-order valence-electron chi connectivity index (χ1n) is 9.12.